The van der Waals surface area contributed by atoms with Gasteiger partial charge in [0.1, 0.15) is 5.75 Å². The molecule has 6 heteroatoms. The van der Waals surface area contributed by atoms with E-state index in [0.717, 1.165) is 13.0 Å². The largest absolute Gasteiger partial charge is 0.495 e. The Bertz CT molecular complexity index is 560. The first-order chi connectivity index (χ1) is 11.0. The molecule has 1 heterocycles. The van der Waals surface area contributed by atoms with Crippen LogP contribution in [0.5, 0.6) is 5.75 Å². The normalized spacial score (nSPS) is 17.7. The van der Waals surface area contributed by atoms with Crippen molar-refractivity contribution in [3.05, 3.63) is 24.3 Å². The van der Waals surface area contributed by atoms with Crippen LogP contribution in [0.3, 0.4) is 0 Å². The van der Waals surface area contributed by atoms with E-state index in [4.69, 9.17) is 4.74 Å². The van der Waals surface area contributed by atoms with E-state index in [2.05, 4.69) is 10.2 Å². The van der Waals surface area contributed by atoms with Crippen LogP contribution in [0.2, 0.25) is 0 Å². The lowest BCUT2D eigenvalue weighted by atomic mass is 10.1. The molecule has 2 amide bonds. The van der Waals surface area contributed by atoms with Gasteiger partial charge in [-0.25, -0.2) is 0 Å². The number of hydrogen-bond acceptors (Lipinski definition) is 4. The second-order valence-electron chi connectivity index (χ2n) is 6.09. The third-order valence-electron chi connectivity index (χ3n) is 3.98. The van der Waals surface area contributed by atoms with Gasteiger partial charge in [-0.3, -0.25) is 9.59 Å². The van der Waals surface area contributed by atoms with Crippen LogP contribution < -0.4 is 10.1 Å². The molecule has 1 aromatic carbocycles. The molecule has 1 N–H and O–H groups in total. The predicted octanol–water partition coefficient (Wildman–Crippen LogP) is 1.43. The lowest BCUT2D eigenvalue weighted by molar-refractivity contribution is -0.128. The molecule has 0 spiro atoms. The lowest BCUT2D eigenvalue weighted by Crippen LogP contribution is -2.30. The number of methoxy groups -OCH3 is 1. The van der Waals surface area contributed by atoms with E-state index in [1.807, 2.05) is 26.2 Å². The summed E-state index contributed by atoms with van der Waals surface area (Å²) in [6, 6.07) is 7.27. The fraction of sp³-hybridized carbons (Fsp3) is 0.529. The van der Waals surface area contributed by atoms with Gasteiger partial charge in [0.2, 0.25) is 11.8 Å². The highest BCUT2D eigenvalue weighted by Crippen LogP contribution is 2.25. The molecule has 23 heavy (non-hydrogen) atoms. The van der Waals surface area contributed by atoms with Gasteiger partial charge < -0.3 is 19.9 Å². The SMILES string of the molecule is COc1ccccc1NC(=O)C1CC(=O)N(CCCN(C)C)C1. The number of carbonyl (C=O) groups is 2. The first-order valence-corrected chi connectivity index (χ1v) is 7.87. The Morgan fingerprint density at radius 3 is 2.83 bits per heavy atom. The third kappa shape index (κ3) is 4.69. The van der Waals surface area contributed by atoms with E-state index < -0.39 is 0 Å². The highest BCUT2D eigenvalue weighted by Gasteiger charge is 2.34. The number of ether oxygens (including phenoxy) is 1. The minimum absolute atomic E-state index is 0.0592. The summed E-state index contributed by atoms with van der Waals surface area (Å²) in [4.78, 5) is 28.3. The maximum Gasteiger partial charge on any atom is 0.229 e. The van der Waals surface area contributed by atoms with Crippen molar-refractivity contribution in [2.75, 3.05) is 46.2 Å². The number of para-hydroxylation sites is 2. The van der Waals surface area contributed by atoms with Gasteiger partial charge in [-0.2, -0.15) is 0 Å². The van der Waals surface area contributed by atoms with Gasteiger partial charge in [-0.1, -0.05) is 12.1 Å². The van der Waals surface area contributed by atoms with Crippen LogP contribution in [0.25, 0.3) is 0 Å². The van der Waals surface area contributed by atoms with Gasteiger partial charge in [-0.05, 0) is 39.2 Å². The van der Waals surface area contributed by atoms with Crippen LogP contribution in [-0.4, -0.2) is 62.5 Å². The van der Waals surface area contributed by atoms with E-state index in [0.29, 0.717) is 24.5 Å². The minimum Gasteiger partial charge on any atom is -0.495 e. The average molecular weight is 319 g/mol. The molecular formula is C17H25N3O3. The maximum atomic E-state index is 12.4. The average Bonchev–Trinajstić information content (AvgIpc) is 2.89. The van der Waals surface area contributed by atoms with Gasteiger partial charge in [-0.15, -0.1) is 0 Å². The van der Waals surface area contributed by atoms with Crippen LogP contribution in [-0.2, 0) is 9.59 Å². The molecule has 0 saturated carbocycles. The van der Waals surface area contributed by atoms with E-state index in [1.54, 1.807) is 24.1 Å². The first-order valence-electron chi connectivity index (χ1n) is 7.87. The van der Waals surface area contributed by atoms with Crippen molar-refractivity contribution in [3.63, 3.8) is 0 Å². The molecule has 1 unspecified atom stereocenters. The highest BCUT2D eigenvalue weighted by atomic mass is 16.5. The molecular weight excluding hydrogens is 294 g/mol. The molecule has 1 aromatic rings. The highest BCUT2D eigenvalue weighted by molar-refractivity contribution is 5.98. The van der Waals surface area contributed by atoms with Crippen LogP contribution in [0.15, 0.2) is 24.3 Å². The standard InChI is InChI=1S/C17H25N3O3/c1-19(2)9-6-10-20-12-13(11-16(20)21)17(22)18-14-7-4-5-8-15(14)23-3/h4-5,7-8,13H,6,9-12H2,1-3H3,(H,18,22). The number of anilines is 1. The van der Waals surface area contributed by atoms with E-state index in [9.17, 15) is 9.59 Å². The predicted molar refractivity (Wildman–Crippen MR) is 89.5 cm³/mol. The van der Waals surface area contributed by atoms with Crippen molar-refractivity contribution in [1.82, 2.24) is 9.80 Å². The van der Waals surface area contributed by atoms with Crippen molar-refractivity contribution < 1.29 is 14.3 Å². The quantitative estimate of drug-likeness (QED) is 0.826. The molecule has 1 fully saturated rings. The van der Waals surface area contributed by atoms with E-state index in [-0.39, 0.29) is 24.2 Å². The van der Waals surface area contributed by atoms with Crippen LogP contribution in [0.4, 0.5) is 5.69 Å². The number of amides is 2. The Morgan fingerprint density at radius 1 is 1.39 bits per heavy atom. The van der Waals surface area contributed by atoms with Crippen LogP contribution in [0, 0.1) is 5.92 Å². The second kappa shape index (κ2) is 7.97. The molecule has 1 aliphatic heterocycles. The molecule has 6 nitrogen and oxygen atoms in total. The Morgan fingerprint density at radius 2 is 2.13 bits per heavy atom. The smallest absolute Gasteiger partial charge is 0.229 e. The Hall–Kier alpha value is -2.08. The number of nitrogens with zero attached hydrogens (tertiary/aromatic N) is 2. The monoisotopic (exact) mass is 319 g/mol. The van der Waals surface area contributed by atoms with Gasteiger partial charge in [0, 0.05) is 19.5 Å². The van der Waals surface area contributed by atoms with Gasteiger partial charge in [0.25, 0.3) is 0 Å². The summed E-state index contributed by atoms with van der Waals surface area (Å²) in [6.07, 6.45) is 1.20. The summed E-state index contributed by atoms with van der Waals surface area (Å²) < 4.78 is 5.23. The Kier molecular flexibility index (Phi) is 5.98. The zero-order chi connectivity index (χ0) is 16.8. The molecule has 126 valence electrons. The molecule has 0 radical (unpaired) electrons. The molecule has 1 saturated heterocycles. The first kappa shape index (κ1) is 17.3. The number of benzene rings is 1. The number of likely N-dealkylation sites (tertiary alicyclic amines) is 1. The fourth-order valence-corrected chi connectivity index (χ4v) is 2.72. The van der Waals surface area contributed by atoms with E-state index >= 15 is 0 Å². The topological polar surface area (TPSA) is 61.9 Å². The molecule has 1 aliphatic rings. The summed E-state index contributed by atoms with van der Waals surface area (Å²) in [5.74, 6) is 0.252. The summed E-state index contributed by atoms with van der Waals surface area (Å²) in [5.41, 5.74) is 0.638. The van der Waals surface area contributed by atoms with E-state index in [1.165, 1.54) is 0 Å². The lowest BCUT2D eigenvalue weighted by Gasteiger charge is -2.18. The van der Waals surface area contributed by atoms with Crippen LogP contribution in [0.1, 0.15) is 12.8 Å². The van der Waals surface area contributed by atoms with Crippen LogP contribution >= 0.6 is 0 Å². The maximum absolute atomic E-state index is 12.4. The molecule has 0 bridgehead atoms. The molecule has 2 rings (SSSR count). The molecule has 0 aromatic heterocycles. The van der Waals surface area contributed by atoms with Crippen molar-refractivity contribution >= 4 is 17.5 Å². The van der Waals surface area contributed by atoms with Crippen molar-refractivity contribution in [3.8, 4) is 5.75 Å². The van der Waals surface area contributed by atoms with Crippen molar-refractivity contribution in [2.24, 2.45) is 5.92 Å². The second-order valence-corrected chi connectivity index (χ2v) is 6.09. The minimum atomic E-state index is -0.299. The zero-order valence-electron chi connectivity index (χ0n) is 14.0. The third-order valence-corrected chi connectivity index (χ3v) is 3.98. The zero-order valence-corrected chi connectivity index (χ0v) is 14.0. The Labute approximate surface area is 137 Å². The van der Waals surface area contributed by atoms with Gasteiger partial charge >= 0.3 is 0 Å². The number of carbonyl (C=O) groups excluding carboxylic acids is 2. The summed E-state index contributed by atoms with van der Waals surface area (Å²) in [5, 5.41) is 2.87. The van der Waals surface area contributed by atoms with Gasteiger partial charge in [0.05, 0.1) is 18.7 Å². The Balaban J connectivity index is 1.90. The molecule has 0 aliphatic carbocycles. The summed E-state index contributed by atoms with van der Waals surface area (Å²) >= 11 is 0. The number of hydrogen-bond donors (Lipinski definition) is 1. The van der Waals surface area contributed by atoms with Gasteiger partial charge in [0.15, 0.2) is 0 Å². The van der Waals surface area contributed by atoms with Crippen molar-refractivity contribution in [2.45, 2.75) is 12.8 Å². The number of nitrogens with one attached hydrogen (secondary N) is 1. The molecule has 1 atom stereocenters. The fourth-order valence-electron chi connectivity index (χ4n) is 2.72. The van der Waals surface area contributed by atoms with Crippen molar-refractivity contribution in [1.29, 1.82) is 0 Å². The summed E-state index contributed by atoms with van der Waals surface area (Å²) in [7, 11) is 5.58. The number of rotatable bonds is 7. The summed E-state index contributed by atoms with van der Waals surface area (Å²) in [6.45, 7) is 2.13.